The van der Waals surface area contributed by atoms with Gasteiger partial charge in [-0.3, -0.25) is 4.90 Å². The molecule has 17 heavy (non-hydrogen) atoms. The molecule has 1 aromatic rings. The lowest BCUT2D eigenvalue weighted by Gasteiger charge is -2.35. The van der Waals surface area contributed by atoms with Crippen LogP contribution in [-0.4, -0.2) is 31.1 Å². The molecule has 0 saturated carbocycles. The van der Waals surface area contributed by atoms with Crippen LogP contribution in [0.2, 0.25) is 0 Å². The molecule has 1 aliphatic rings. The molecule has 0 aliphatic carbocycles. The molecule has 1 N–H and O–H groups in total. The van der Waals surface area contributed by atoms with Crippen LogP contribution in [0, 0.1) is 0 Å². The first kappa shape index (κ1) is 14.5. The smallest absolute Gasteiger partial charge is 0.0345 e. The van der Waals surface area contributed by atoms with Gasteiger partial charge in [-0.2, -0.15) is 0 Å². The van der Waals surface area contributed by atoms with E-state index in [2.05, 4.69) is 55.4 Å². The zero-order valence-electron chi connectivity index (χ0n) is 10.9. The molecule has 2 nitrogen and oxygen atoms in total. The molecule has 0 aromatic heterocycles. The lowest BCUT2D eigenvalue weighted by atomic mass is 10.0. The quantitative estimate of drug-likeness (QED) is 0.889. The predicted molar refractivity (Wildman–Crippen MR) is 75.9 cm³/mol. The van der Waals surface area contributed by atoms with Crippen LogP contribution in [0.3, 0.4) is 0 Å². The zero-order chi connectivity index (χ0) is 11.5. The molecule has 1 aliphatic heterocycles. The van der Waals surface area contributed by atoms with Crippen LogP contribution >= 0.6 is 12.4 Å². The van der Waals surface area contributed by atoms with Gasteiger partial charge < -0.3 is 5.32 Å². The van der Waals surface area contributed by atoms with E-state index in [9.17, 15) is 0 Å². The second-order valence-corrected chi connectivity index (χ2v) is 5.12. The minimum absolute atomic E-state index is 0. The third-order valence-electron chi connectivity index (χ3n) is 3.46. The number of halogens is 1. The van der Waals surface area contributed by atoms with Crippen LogP contribution in [-0.2, 0) is 6.54 Å². The van der Waals surface area contributed by atoms with Gasteiger partial charge in [-0.15, -0.1) is 12.4 Å². The van der Waals surface area contributed by atoms with Gasteiger partial charge in [0.25, 0.3) is 0 Å². The largest absolute Gasteiger partial charge is 0.314 e. The SMILES string of the molecule is CC(C)c1ccc(CN(C)C2CNC2)cc1.Cl. The molecule has 1 saturated heterocycles. The highest BCUT2D eigenvalue weighted by Gasteiger charge is 2.21. The molecule has 1 fully saturated rings. The lowest BCUT2D eigenvalue weighted by molar-refractivity contribution is 0.173. The maximum absolute atomic E-state index is 3.31. The molecular formula is C14H23ClN2. The maximum Gasteiger partial charge on any atom is 0.0345 e. The zero-order valence-corrected chi connectivity index (χ0v) is 11.8. The summed E-state index contributed by atoms with van der Waals surface area (Å²) in [5.74, 6) is 0.627. The van der Waals surface area contributed by atoms with Crippen molar-refractivity contribution in [3.05, 3.63) is 35.4 Å². The number of likely N-dealkylation sites (N-methyl/N-ethyl adjacent to an activating group) is 1. The van der Waals surface area contributed by atoms with Gasteiger partial charge in [0.1, 0.15) is 0 Å². The molecular weight excluding hydrogens is 232 g/mol. The van der Waals surface area contributed by atoms with Crippen molar-refractivity contribution in [1.82, 2.24) is 10.2 Å². The van der Waals surface area contributed by atoms with Gasteiger partial charge in [-0.25, -0.2) is 0 Å². The Morgan fingerprint density at radius 2 is 1.82 bits per heavy atom. The maximum atomic E-state index is 3.31. The Labute approximate surface area is 111 Å². The first-order chi connectivity index (χ1) is 7.66. The van der Waals surface area contributed by atoms with Crippen molar-refractivity contribution < 1.29 is 0 Å². The standard InChI is InChI=1S/C14H22N2.ClH/c1-11(2)13-6-4-12(5-7-13)10-16(3)14-8-15-9-14;/h4-7,11,14-15H,8-10H2,1-3H3;1H. The molecule has 0 radical (unpaired) electrons. The molecule has 0 spiro atoms. The number of nitrogens with zero attached hydrogens (tertiary/aromatic N) is 1. The van der Waals surface area contributed by atoms with E-state index >= 15 is 0 Å². The summed E-state index contributed by atoms with van der Waals surface area (Å²) in [4.78, 5) is 2.43. The van der Waals surface area contributed by atoms with E-state index in [-0.39, 0.29) is 12.4 Å². The number of benzene rings is 1. The summed E-state index contributed by atoms with van der Waals surface area (Å²) < 4.78 is 0. The Morgan fingerprint density at radius 3 is 2.24 bits per heavy atom. The molecule has 0 unspecified atom stereocenters. The van der Waals surface area contributed by atoms with E-state index < -0.39 is 0 Å². The van der Waals surface area contributed by atoms with Crippen LogP contribution in [0.1, 0.15) is 30.9 Å². The normalized spacial score (nSPS) is 15.8. The average molecular weight is 255 g/mol. The number of nitrogens with one attached hydrogen (secondary N) is 1. The number of rotatable bonds is 4. The Hall–Kier alpha value is -0.570. The van der Waals surface area contributed by atoms with Crippen molar-refractivity contribution in [3.63, 3.8) is 0 Å². The molecule has 3 heteroatoms. The molecule has 2 rings (SSSR count). The summed E-state index contributed by atoms with van der Waals surface area (Å²) >= 11 is 0. The van der Waals surface area contributed by atoms with Crippen molar-refractivity contribution in [2.24, 2.45) is 0 Å². The summed E-state index contributed by atoms with van der Waals surface area (Å²) in [5, 5.41) is 3.31. The highest BCUT2D eigenvalue weighted by atomic mass is 35.5. The van der Waals surface area contributed by atoms with Gasteiger partial charge in [0, 0.05) is 25.7 Å². The topological polar surface area (TPSA) is 15.3 Å². The van der Waals surface area contributed by atoms with E-state index in [1.807, 2.05) is 0 Å². The lowest BCUT2D eigenvalue weighted by Crippen LogP contribution is -2.55. The summed E-state index contributed by atoms with van der Waals surface area (Å²) in [6, 6.07) is 9.76. The first-order valence-electron chi connectivity index (χ1n) is 6.16. The Morgan fingerprint density at radius 1 is 1.24 bits per heavy atom. The van der Waals surface area contributed by atoms with Crippen molar-refractivity contribution in [2.75, 3.05) is 20.1 Å². The van der Waals surface area contributed by atoms with E-state index in [1.165, 1.54) is 11.1 Å². The minimum Gasteiger partial charge on any atom is -0.314 e. The van der Waals surface area contributed by atoms with E-state index in [0.717, 1.165) is 25.7 Å². The monoisotopic (exact) mass is 254 g/mol. The van der Waals surface area contributed by atoms with Gasteiger partial charge in [-0.05, 0) is 24.1 Å². The van der Waals surface area contributed by atoms with Gasteiger partial charge in [0.15, 0.2) is 0 Å². The highest BCUT2D eigenvalue weighted by Crippen LogP contribution is 2.16. The molecule has 1 aromatic carbocycles. The molecule has 96 valence electrons. The van der Waals surface area contributed by atoms with Crippen molar-refractivity contribution >= 4 is 12.4 Å². The Balaban J connectivity index is 0.00000144. The third-order valence-corrected chi connectivity index (χ3v) is 3.46. The third kappa shape index (κ3) is 3.70. The fourth-order valence-electron chi connectivity index (χ4n) is 2.01. The van der Waals surface area contributed by atoms with Gasteiger partial charge in [-0.1, -0.05) is 38.1 Å². The van der Waals surface area contributed by atoms with E-state index in [0.29, 0.717) is 5.92 Å². The molecule has 0 amide bonds. The summed E-state index contributed by atoms with van der Waals surface area (Å²) in [6.45, 7) is 7.81. The van der Waals surface area contributed by atoms with E-state index in [1.54, 1.807) is 0 Å². The van der Waals surface area contributed by atoms with Crippen LogP contribution in [0.15, 0.2) is 24.3 Å². The van der Waals surface area contributed by atoms with Crippen molar-refractivity contribution in [1.29, 1.82) is 0 Å². The van der Waals surface area contributed by atoms with E-state index in [4.69, 9.17) is 0 Å². The summed E-state index contributed by atoms with van der Waals surface area (Å²) in [6.07, 6.45) is 0. The molecule has 0 bridgehead atoms. The summed E-state index contributed by atoms with van der Waals surface area (Å²) in [5.41, 5.74) is 2.84. The Kier molecular flexibility index (Phi) is 5.44. The van der Waals surface area contributed by atoms with Crippen molar-refractivity contribution in [2.45, 2.75) is 32.4 Å². The second kappa shape index (κ2) is 6.39. The molecule has 1 heterocycles. The fourth-order valence-corrected chi connectivity index (χ4v) is 2.01. The summed E-state index contributed by atoms with van der Waals surface area (Å²) in [7, 11) is 2.21. The van der Waals surface area contributed by atoms with Crippen molar-refractivity contribution in [3.8, 4) is 0 Å². The van der Waals surface area contributed by atoms with Crippen LogP contribution in [0.5, 0.6) is 0 Å². The van der Waals surface area contributed by atoms with Gasteiger partial charge >= 0.3 is 0 Å². The highest BCUT2D eigenvalue weighted by molar-refractivity contribution is 5.85. The van der Waals surface area contributed by atoms with Crippen LogP contribution in [0.4, 0.5) is 0 Å². The predicted octanol–water partition coefficient (Wildman–Crippen LogP) is 2.64. The number of hydrogen-bond donors (Lipinski definition) is 1. The Bertz CT molecular complexity index is 331. The minimum atomic E-state index is 0. The fraction of sp³-hybridized carbons (Fsp3) is 0.571. The number of hydrogen-bond acceptors (Lipinski definition) is 2. The van der Waals surface area contributed by atoms with Gasteiger partial charge in [0.05, 0.1) is 0 Å². The first-order valence-corrected chi connectivity index (χ1v) is 6.16. The average Bonchev–Trinajstić information content (AvgIpc) is 2.15. The second-order valence-electron chi connectivity index (χ2n) is 5.12. The van der Waals surface area contributed by atoms with Gasteiger partial charge in [0.2, 0.25) is 0 Å². The van der Waals surface area contributed by atoms with Crippen LogP contribution in [0.25, 0.3) is 0 Å². The van der Waals surface area contributed by atoms with Crippen LogP contribution < -0.4 is 5.32 Å². The molecule has 0 atom stereocenters.